The third-order valence-corrected chi connectivity index (χ3v) is 4.11. The maximum atomic E-state index is 11.5. The van der Waals surface area contributed by atoms with Gasteiger partial charge in [0.2, 0.25) is 0 Å². The highest BCUT2D eigenvalue weighted by Gasteiger charge is 2.31. The largest absolute Gasteiger partial charge is 0.468 e. The van der Waals surface area contributed by atoms with E-state index in [9.17, 15) is 4.79 Å². The Bertz CT molecular complexity index is 199. The van der Waals surface area contributed by atoms with Gasteiger partial charge in [-0.25, -0.2) is 0 Å². The summed E-state index contributed by atoms with van der Waals surface area (Å²) in [4.78, 5) is 11.5. The second kappa shape index (κ2) is 7.12. The minimum Gasteiger partial charge on any atom is -0.468 e. The van der Waals surface area contributed by atoms with Crippen LogP contribution in [0.1, 0.15) is 33.6 Å². The normalized spacial score (nSPS) is 16.9. The Kier molecular flexibility index (Phi) is 7.02. The van der Waals surface area contributed by atoms with Crippen LogP contribution in [-0.2, 0) is 9.53 Å². The van der Waals surface area contributed by atoms with Gasteiger partial charge in [0.1, 0.15) is 5.54 Å². The number of methoxy groups -OCH3 is 1. The molecule has 0 spiro atoms. The van der Waals surface area contributed by atoms with Crippen molar-refractivity contribution in [3.63, 3.8) is 0 Å². The summed E-state index contributed by atoms with van der Waals surface area (Å²) in [6.45, 7) is 6.27. The van der Waals surface area contributed by atoms with Crippen molar-refractivity contribution in [1.29, 1.82) is 0 Å². The van der Waals surface area contributed by atoms with Crippen molar-refractivity contribution in [2.75, 3.05) is 19.9 Å². The van der Waals surface area contributed by atoms with E-state index in [2.05, 4.69) is 19.2 Å². The maximum absolute atomic E-state index is 11.5. The van der Waals surface area contributed by atoms with Gasteiger partial charge in [0.25, 0.3) is 0 Å². The second-order valence-corrected chi connectivity index (χ2v) is 5.46. The molecule has 0 aliphatic carbocycles. The summed E-state index contributed by atoms with van der Waals surface area (Å²) >= 11 is 1.90. The molecule has 0 aromatic heterocycles. The molecule has 0 amide bonds. The fraction of sp³-hybridized carbons (Fsp3) is 0.909. The number of esters is 1. The van der Waals surface area contributed by atoms with E-state index in [4.69, 9.17) is 4.74 Å². The van der Waals surface area contributed by atoms with Crippen LogP contribution < -0.4 is 5.32 Å². The van der Waals surface area contributed by atoms with Crippen molar-refractivity contribution in [1.82, 2.24) is 5.32 Å². The number of likely N-dealkylation sites (N-methyl/N-ethyl adjacent to an activating group) is 1. The van der Waals surface area contributed by atoms with Crippen molar-refractivity contribution in [2.45, 2.75) is 44.4 Å². The van der Waals surface area contributed by atoms with Crippen LogP contribution in [0.4, 0.5) is 0 Å². The SMILES string of the molecule is CCC(C)SCCC(C)(NC)C(=O)OC. The molecule has 3 nitrogen and oxygen atoms in total. The molecule has 90 valence electrons. The van der Waals surface area contributed by atoms with E-state index in [-0.39, 0.29) is 5.97 Å². The monoisotopic (exact) mass is 233 g/mol. The standard InChI is InChI=1S/C11H23NO2S/c1-6-9(2)15-8-7-11(3,12-4)10(13)14-5/h9,12H,6-8H2,1-5H3. The highest BCUT2D eigenvalue weighted by atomic mass is 32.2. The molecule has 4 heteroatoms. The van der Waals surface area contributed by atoms with E-state index >= 15 is 0 Å². The van der Waals surface area contributed by atoms with E-state index in [0.717, 1.165) is 12.2 Å². The first-order chi connectivity index (χ1) is 7.00. The number of carbonyl (C=O) groups excluding carboxylic acids is 1. The molecular formula is C11H23NO2S. The third-order valence-electron chi connectivity index (χ3n) is 2.77. The lowest BCUT2D eigenvalue weighted by atomic mass is 10.00. The first kappa shape index (κ1) is 14.8. The van der Waals surface area contributed by atoms with E-state index in [1.165, 1.54) is 13.5 Å². The van der Waals surface area contributed by atoms with Crippen molar-refractivity contribution in [2.24, 2.45) is 0 Å². The summed E-state index contributed by atoms with van der Waals surface area (Å²) in [5.41, 5.74) is -0.546. The zero-order valence-corrected chi connectivity index (χ0v) is 11.2. The average molecular weight is 233 g/mol. The van der Waals surface area contributed by atoms with Gasteiger partial charge in [-0.05, 0) is 32.6 Å². The molecule has 15 heavy (non-hydrogen) atoms. The molecule has 0 saturated heterocycles. The number of carbonyl (C=O) groups is 1. The molecule has 0 heterocycles. The quantitative estimate of drug-likeness (QED) is 0.683. The van der Waals surface area contributed by atoms with Crippen LogP contribution in [0.15, 0.2) is 0 Å². The number of rotatable bonds is 7. The highest BCUT2D eigenvalue weighted by Crippen LogP contribution is 2.20. The molecule has 0 aromatic carbocycles. The number of hydrogen-bond donors (Lipinski definition) is 1. The van der Waals surface area contributed by atoms with Crippen molar-refractivity contribution >= 4 is 17.7 Å². The smallest absolute Gasteiger partial charge is 0.325 e. The molecule has 0 aromatic rings. The van der Waals surface area contributed by atoms with Crippen LogP contribution in [0.2, 0.25) is 0 Å². The Balaban J connectivity index is 4.04. The molecule has 0 aliphatic heterocycles. The van der Waals surface area contributed by atoms with Gasteiger partial charge in [-0.1, -0.05) is 13.8 Å². The Hall–Kier alpha value is -0.220. The number of thioether (sulfide) groups is 1. The van der Waals surface area contributed by atoms with Crippen LogP contribution in [-0.4, -0.2) is 36.7 Å². The highest BCUT2D eigenvalue weighted by molar-refractivity contribution is 7.99. The van der Waals surface area contributed by atoms with Crippen molar-refractivity contribution in [3.05, 3.63) is 0 Å². The predicted molar refractivity (Wildman–Crippen MR) is 66.3 cm³/mol. The van der Waals surface area contributed by atoms with Crippen LogP contribution in [0.5, 0.6) is 0 Å². The van der Waals surface area contributed by atoms with Gasteiger partial charge in [0, 0.05) is 5.25 Å². The van der Waals surface area contributed by atoms with Crippen molar-refractivity contribution in [3.8, 4) is 0 Å². The summed E-state index contributed by atoms with van der Waals surface area (Å²) in [5, 5.41) is 3.69. The zero-order chi connectivity index (χ0) is 11.9. The van der Waals surface area contributed by atoms with E-state index in [1.54, 1.807) is 7.05 Å². The molecular weight excluding hydrogens is 210 g/mol. The number of nitrogens with one attached hydrogen (secondary N) is 1. The van der Waals surface area contributed by atoms with Gasteiger partial charge in [-0.15, -0.1) is 0 Å². The first-order valence-corrected chi connectivity index (χ1v) is 6.44. The van der Waals surface area contributed by atoms with Crippen molar-refractivity contribution < 1.29 is 9.53 Å². The lowest BCUT2D eigenvalue weighted by Gasteiger charge is -2.26. The fourth-order valence-electron chi connectivity index (χ4n) is 1.14. The molecule has 2 unspecified atom stereocenters. The molecule has 0 rings (SSSR count). The maximum Gasteiger partial charge on any atom is 0.325 e. The summed E-state index contributed by atoms with van der Waals surface area (Å²) in [7, 11) is 3.23. The van der Waals surface area contributed by atoms with Gasteiger partial charge < -0.3 is 10.1 Å². The summed E-state index contributed by atoms with van der Waals surface area (Å²) in [5.74, 6) is 0.788. The molecule has 0 bridgehead atoms. The van der Waals surface area contributed by atoms with Crippen LogP contribution in [0.3, 0.4) is 0 Å². The number of hydrogen-bond acceptors (Lipinski definition) is 4. The topological polar surface area (TPSA) is 38.3 Å². The summed E-state index contributed by atoms with van der Waals surface area (Å²) < 4.78 is 4.78. The minimum atomic E-state index is -0.546. The molecule has 0 radical (unpaired) electrons. The molecule has 0 saturated carbocycles. The summed E-state index contributed by atoms with van der Waals surface area (Å²) in [6, 6.07) is 0. The van der Waals surface area contributed by atoms with E-state index < -0.39 is 5.54 Å². The fourth-order valence-corrected chi connectivity index (χ4v) is 2.30. The lowest BCUT2D eigenvalue weighted by molar-refractivity contribution is -0.147. The number of ether oxygens (including phenoxy) is 1. The van der Waals surface area contributed by atoms with E-state index in [0.29, 0.717) is 5.25 Å². The zero-order valence-electron chi connectivity index (χ0n) is 10.4. The Morgan fingerprint density at radius 1 is 1.60 bits per heavy atom. The van der Waals surface area contributed by atoms with Gasteiger partial charge in [-0.2, -0.15) is 11.8 Å². The first-order valence-electron chi connectivity index (χ1n) is 5.39. The Morgan fingerprint density at radius 3 is 2.60 bits per heavy atom. The summed E-state index contributed by atoms with van der Waals surface area (Å²) in [6.07, 6.45) is 1.96. The lowest BCUT2D eigenvalue weighted by Crippen LogP contribution is -2.48. The van der Waals surface area contributed by atoms with Gasteiger partial charge >= 0.3 is 5.97 Å². The Morgan fingerprint density at radius 2 is 2.20 bits per heavy atom. The molecule has 1 N–H and O–H groups in total. The van der Waals surface area contributed by atoms with E-state index in [1.807, 2.05) is 18.7 Å². The molecule has 2 atom stereocenters. The second-order valence-electron chi connectivity index (χ2n) is 3.91. The molecule has 0 fully saturated rings. The minimum absolute atomic E-state index is 0.185. The predicted octanol–water partition coefficient (Wildman–Crippen LogP) is 2.06. The third kappa shape index (κ3) is 4.89. The van der Waals surface area contributed by atoms with Crippen LogP contribution in [0, 0.1) is 0 Å². The molecule has 0 aliphatic rings. The van der Waals surface area contributed by atoms with Gasteiger partial charge in [0.05, 0.1) is 7.11 Å². The Labute approximate surface area is 97.3 Å². The average Bonchev–Trinajstić information content (AvgIpc) is 2.27. The van der Waals surface area contributed by atoms with Gasteiger partial charge in [0.15, 0.2) is 0 Å². The van der Waals surface area contributed by atoms with Crippen LogP contribution >= 0.6 is 11.8 Å². The van der Waals surface area contributed by atoms with Crippen LogP contribution in [0.25, 0.3) is 0 Å². The van der Waals surface area contributed by atoms with Gasteiger partial charge in [-0.3, -0.25) is 4.79 Å².